The Bertz CT molecular complexity index is 1150. The molecule has 0 aromatic heterocycles. The second-order valence-corrected chi connectivity index (χ2v) is 8.61. The lowest BCUT2D eigenvalue weighted by Crippen LogP contribution is -2.25. The molecule has 2 rings (SSSR count). The Kier molecular flexibility index (Phi) is 13.4. The van der Waals surface area contributed by atoms with Crippen LogP contribution in [0.5, 0.6) is 23.0 Å². The Morgan fingerprint density at radius 3 is 2.05 bits per heavy atom. The number of benzene rings is 2. The number of nitrogens with zero attached hydrogens (tertiary/aromatic N) is 1. The fourth-order valence-electron chi connectivity index (χ4n) is 3.04. The smallest absolute Gasteiger partial charge is 0.348 e. The van der Waals surface area contributed by atoms with Crippen LogP contribution in [0.2, 0.25) is 0 Å². The summed E-state index contributed by atoms with van der Waals surface area (Å²) >= 11 is 0. The van der Waals surface area contributed by atoms with Crippen molar-refractivity contribution in [1.82, 2.24) is 0 Å². The molecule has 2 aromatic rings. The minimum absolute atomic E-state index is 0.0323. The van der Waals surface area contributed by atoms with Crippen molar-refractivity contribution in [3.05, 3.63) is 59.7 Å². The van der Waals surface area contributed by atoms with Gasteiger partial charge in [-0.15, -0.1) is 0 Å². The Balaban J connectivity index is 1.92. The Morgan fingerprint density at radius 2 is 1.51 bits per heavy atom. The number of carbonyl (C=O) groups is 1. The van der Waals surface area contributed by atoms with Gasteiger partial charge in [0.2, 0.25) is 0 Å². The SMILES string of the molecule is C=Cc1ccc(OCC(O)COc2ccc(C=C(C#N)C(=O)OCCOOCC(C)C)cc2OC)c(OC)c1. The molecule has 0 fully saturated rings. The molecule has 0 aliphatic heterocycles. The van der Waals surface area contributed by atoms with Crippen LogP contribution in [0, 0.1) is 17.2 Å². The number of hydrogen-bond donors (Lipinski definition) is 1. The van der Waals surface area contributed by atoms with E-state index in [-0.39, 0.29) is 32.0 Å². The zero-order valence-electron chi connectivity index (χ0n) is 22.7. The van der Waals surface area contributed by atoms with Crippen molar-refractivity contribution in [3.63, 3.8) is 0 Å². The molecular weight excluding hydrogens is 506 g/mol. The number of nitriles is 1. The van der Waals surface area contributed by atoms with Crippen molar-refractivity contribution in [1.29, 1.82) is 5.26 Å². The number of aliphatic hydroxyl groups is 1. The minimum Gasteiger partial charge on any atom is -0.493 e. The summed E-state index contributed by atoms with van der Waals surface area (Å²) in [5.41, 5.74) is 1.20. The van der Waals surface area contributed by atoms with E-state index in [1.807, 2.05) is 26.0 Å². The molecule has 1 atom stereocenters. The van der Waals surface area contributed by atoms with Gasteiger partial charge in [0.1, 0.15) is 44.2 Å². The molecule has 1 unspecified atom stereocenters. The standard InChI is InChI=1S/C29H35NO9/c1-6-21-7-9-25(27(14-21)33-4)36-18-24(31)19-37-26-10-8-22(15-28(26)34-5)13-23(16-30)29(32)35-11-12-38-39-17-20(2)3/h6-10,13-15,20,24,31H,1,11-12,17-19H2,2-5H3. The first-order chi connectivity index (χ1) is 18.8. The maximum absolute atomic E-state index is 12.2. The molecular formula is C29H35NO9. The van der Waals surface area contributed by atoms with E-state index < -0.39 is 12.1 Å². The summed E-state index contributed by atoms with van der Waals surface area (Å²) in [6.07, 6.45) is 2.12. The highest BCUT2D eigenvalue weighted by Gasteiger charge is 2.14. The van der Waals surface area contributed by atoms with Crippen LogP contribution in [0.1, 0.15) is 25.0 Å². The number of methoxy groups -OCH3 is 2. The summed E-state index contributed by atoms with van der Waals surface area (Å²) < 4.78 is 27.1. The third-order valence-corrected chi connectivity index (χ3v) is 5.01. The van der Waals surface area contributed by atoms with E-state index in [0.29, 0.717) is 41.1 Å². The molecule has 0 radical (unpaired) electrons. The molecule has 10 nitrogen and oxygen atoms in total. The molecule has 0 aliphatic rings. The minimum atomic E-state index is -0.946. The maximum atomic E-state index is 12.2. The molecule has 10 heteroatoms. The van der Waals surface area contributed by atoms with Crippen LogP contribution in [0.4, 0.5) is 0 Å². The summed E-state index contributed by atoms with van der Waals surface area (Å²) in [5, 5.41) is 19.7. The van der Waals surface area contributed by atoms with E-state index in [9.17, 15) is 15.2 Å². The second kappa shape index (κ2) is 16.7. The van der Waals surface area contributed by atoms with E-state index in [4.69, 9.17) is 33.5 Å². The lowest BCUT2D eigenvalue weighted by molar-refractivity contribution is -0.303. The average Bonchev–Trinajstić information content (AvgIpc) is 2.95. The first-order valence-corrected chi connectivity index (χ1v) is 12.3. The number of esters is 1. The highest BCUT2D eigenvalue weighted by Crippen LogP contribution is 2.30. The summed E-state index contributed by atoms with van der Waals surface area (Å²) in [5.74, 6) is 1.23. The van der Waals surface area contributed by atoms with Gasteiger partial charge in [0, 0.05) is 0 Å². The first kappa shape index (κ1) is 31.2. The summed E-state index contributed by atoms with van der Waals surface area (Å²) in [7, 11) is 2.98. The van der Waals surface area contributed by atoms with Gasteiger partial charge in [0.15, 0.2) is 23.0 Å². The monoisotopic (exact) mass is 541 g/mol. The Morgan fingerprint density at radius 1 is 0.923 bits per heavy atom. The highest BCUT2D eigenvalue weighted by molar-refractivity contribution is 5.98. The van der Waals surface area contributed by atoms with Gasteiger partial charge in [-0.2, -0.15) is 5.26 Å². The number of carbonyl (C=O) groups excluding carboxylic acids is 1. The van der Waals surface area contributed by atoms with E-state index in [2.05, 4.69) is 6.58 Å². The van der Waals surface area contributed by atoms with Crippen LogP contribution >= 0.6 is 0 Å². The van der Waals surface area contributed by atoms with Crippen molar-refractivity contribution in [3.8, 4) is 29.1 Å². The molecule has 2 aromatic carbocycles. The van der Waals surface area contributed by atoms with E-state index in [0.717, 1.165) is 5.56 Å². The molecule has 0 saturated carbocycles. The third-order valence-electron chi connectivity index (χ3n) is 5.01. The van der Waals surface area contributed by atoms with Crippen LogP contribution in [0.15, 0.2) is 48.6 Å². The zero-order valence-corrected chi connectivity index (χ0v) is 22.7. The van der Waals surface area contributed by atoms with Gasteiger partial charge in [-0.25, -0.2) is 14.6 Å². The molecule has 39 heavy (non-hydrogen) atoms. The van der Waals surface area contributed by atoms with Crippen molar-refractivity contribution in [2.45, 2.75) is 20.0 Å². The Labute approximate surface area is 228 Å². The van der Waals surface area contributed by atoms with Gasteiger partial charge in [-0.3, -0.25) is 0 Å². The van der Waals surface area contributed by atoms with Crippen molar-refractivity contribution in [2.75, 3.05) is 47.3 Å². The van der Waals surface area contributed by atoms with Gasteiger partial charge in [-0.05, 0) is 47.4 Å². The Hall–Kier alpha value is -4.04. The van der Waals surface area contributed by atoms with Crippen LogP contribution in [-0.4, -0.2) is 64.4 Å². The summed E-state index contributed by atoms with van der Waals surface area (Å²) in [6, 6.07) is 12.0. The zero-order chi connectivity index (χ0) is 28.6. The van der Waals surface area contributed by atoms with Crippen LogP contribution in [0.25, 0.3) is 12.2 Å². The molecule has 0 amide bonds. The molecule has 0 aliphatic carbocycles. The van der Waals surface area contributed by atoms with Gasteiger partial charge in [-0.1, -0.05) is 38.6 Å². The number of ether oxygens (including phenoxy) is 5. The van der Waals surface area contributed by atoms with Gasteiger partial charge in [0.05, 0.1) is 20.8 Å². The predicted octanol–water partition coefficient (Wildman–Crippen LogP) is 4.22. The largest absolute Gasteiger partial charge is 0.493 e. The lowest BCUT2D eigenvalue weighted by atomic mass is 10.1. The molecule has 0 spiro atoms. The highest BCUT2D eigenvalue weighted by atomic mass is 17.2. The van der Waals surface area contributed by atoms with Gasteiger partial charge in [0.25, 0.3) is 0 Å². The first-order valence-electron chi connectivity index (χ1n) is 12.3. The summed E-state index contributed by atoms with van der Waals surface area (Å²) in [6.45, 7) is 7.97. The predicted molar refractivity (Wildman–Crippen MR) is 144 cm³/mol. The molecule has 0 saturated heterocycles. The van der Waals surface area contributed by atoms with Crippen LogP contribution in [0.3, 0.4) is 0 Å². The number of rotatable bonds is 17. The number of hydrogen-bond acceptors (Lipinski definition) is 10. The topological polar surface area (TPSA) is 126 Å². The van der Waals surface area contributed by atoms with Crippen molar-refractivity contribution >= 4 is 18.1 Å². The van der Waals surface area contributed by atoms with Gasteiger partial charge >= 0.3 is 5.97 Å². The van der Waals surface area contributed by atoms with Crippen molar-refractivity contribution in [2.24, 2.45) is 5.92 Å². The fraction of sp³-hybridized carbons (Fsp3) is 0.379. The summed E-state index contributed by atoms with van der Waals surface area (Å²) in [4.78, 5) is 22.1. The molecule has 0 heterocycles. The molecule has 1 N–H and O–H groups in total. The lowest BCUT2D eigenvalue weighted by Gasteiger charge is -2.17. The van der Waals surface area contributed by atoms with E-state index in [1.54, 1.807) is 36.4 Å². The van der Waals surface area contributed by atoms with E-state index >= 15 is 0 Å². The van der Waals surface area contributed by atoms with Crippen LogP contribution in [-0.2, 0) is 19.3 Å². The van der Waals surface area contributed by atoms with Gasteiger partial charge < -0.3 is 28.8 Å². The molecule has 0 bridgehead atoms. The van der Waals surface area contributed by atoms with Crippen LogP contribution < -0.4 is 18.9 Å². The quantitative estimate of drug-likeness (QED) is 0.0777. The molecule has 210 valence electrons. The normalized spacial score (nSPS) is 11.9. The average molecular weight is 542 g/mol. The number of aliphatic hydroxyl groups excluding tert-OH is 1. The van der Waals surface area contributed by atoms with E-state index in [1.165, 1.54) is 20.3 Å². The second-order valence-electron chi connectivity index (χ2n) is 8.61. The maximum Gasteiger partial charge on any atom is 0.348 e. The fourth-order valence-corrected chi connectivity index (χ4v) is 3.04. The van der Waals surface area contributed by atoms with Crippen molar-refractivity contribution < 1.29 is 43.4 Å². The third kappa shape index (κ3) is 10.7.